The molecule has 0 amide bonds. The second-order valence-electron chi connectivity index (χ2n) is 3.65. The van der Waals surface area contributed by atoms with Gasteiger partial charge in [0.1, 0.15) is 10.7 Å². The van der Waals surface area contributed by atoms with E-state index in [0.29, 0.717) is 18.1 Å². The largest absolute Gasteiger partial charge is 0.384 e. The molecule has 0 radical (unpaired) electrons. The Hall–Kier alpha value is -1.74. The smallest absolute Gasteiger partial charge is 0.267 e. The molecule has 0 spiro atoms. The first-order valence-corrected chi connectivity index (χ1v) is 7.79. The van der Waals surface area contributed by atoms with Crippen LogP contribution >= 0.6 is 11.5 Å². The quantitative estimate of drug-likeness (QED) is 0.868. The number of aryl methyl sites for hydroxylation is 1. The Balaban J connectivity index is 2.34. The first-order valence-electron chi connectivity index (χ1n) is 5.54. The second-order valence-corrected chi connectivity index (χ2v) is 6.06. The summed E-state index contributed by atoms with van der Waals surface area (Å²) < 4.78 is 30.8. The molecule has 0 atom stereocenters. The van der Waals surface area contributed by atoms with Crippen LogP contribution < -0.4 is 10.0 Å². The van der Waals surface area contributed by atoms with Crippen molar-refractivity contribution < 1.29 is 8.42 Å². The fraction of sp³-hybridized carbons (Fsp3) is 0.300. The van der Waals surface area contributed by atoms with Crippen LogP contribution in [-0.4, -0.2) is 29.3 Å². The summed E-state index contributed by atoms with van der Waals surface area (Å²) in [5.74, 6) is 0.529. The highest BCUT2D eigenvalue weighted by molar-refractivity contribution is 7.93. The summed E-state index contributed by atoms with van der Waals surface area (Å²) in [6.07, 6.45) is 2.83. The van der Waals surface area contributed by atoms with Gasteiger partial charge in [-0.15, -0.1) is 0 Å². The third-order valence-electron chi connectivity index (χ3n) is 2.19. The van der Waals surface area contributed by atoms with Gasteiger partial charge in [0.05, 0.1) is 5.69 Å². The zero-order chi connectivity index (χ0) is 13.9. The van der Waals surface area contributed by atoms with Crippen molar-refractivity contribution in [1.82, 2.24) is 14.3 Å². The minimum Gasteiger partial charge on any atom is -0.384 e. The van der Waals surface area contributed by atoms with Gasteiger partial charge in [-0.1, -0.05) is 0 Å². The topological polar surface area (TPSA) is 96.9 Å². The highest BCUT2D eigenvalue weighted by Crippen LogP contribution is 2.23. The van der Waals surface area contributed by atoms with Crippen molar-refractivity contribution in [3.63, 3.8) is 0 Å². The second kappa shape index (κ2) is 5.49. The summed E-state index contributed by atoms with van der Waals surface area (Å²) in [5.41, 5.74) is 0.506. The third-order valence-corrected chi connectivity index (χ3v) is 4.41. The molecule has 2 aromatic heterocycles. The molecule has 0 fully saturated rings. The molecule has 2 N–H and O–H groups in total. The minimum absolute atomic E-state index is 0.0877. The van der Waals surface area contributed by atoms with Crippen molar-refractivity contribution in [2.24, 2.45) is 0 Å². The molecular formula is C10H13N5O2S2. The molecule has 2 rings (SSSR count). The Kier molecular flexibility index (Phi) is 3.96. The molecular weight excluding hydrogens is 286 g/mol. The molecule has 0 saturated heterocycles. The predicted octanol–water partition coefficient (Wildman–Crippen LogP) is 1.47. The molecule has 2 aromatic rings. The lowest BCUT2D eigenvalue weighted by Gasteiger charge is -2.10. The fourth-order valence-corrected chi connectivity index (χ4v) is 3.36. The van der Waals surface area contributed by atoms with Crippen molar-refractivity contribution in [2.75, 3.05) is 16.6 Å². The van der Waals surface area contributed by atoms with E-state index in [2.05, 4.69) is 24.4 Å². The van der Waals surface area contributed by atoms with Gasteiger partial charge in [-0.05, 0) is 19.9 Å². The zero-order valence-electron chi connectivity index (χ0n) is 10.4. The molecule has 19 heavy (non-hydrogen) atoms. The van der Waals surface area contributed by atoms with Crippen LogP contribution in [-0.2, 0) is 10.0 Å². The van der Waals surface area contributed by atoms with Crippen molar-refractivity contribution in [2.45, 2.75) is 18.7 Å². The van der Waals surface area contributed by atoms with Crippen LogP contribution in [0.25, 0.3) is 0 Å². The van der Waals surface area contributed by atoms with Gasteiger partial charge in [0, 0.05) is 30.5 Å². The van der Waals surface area contributed by atoms with Gasteiger partial charge >= 0.3 is 0 Å². The molecule has 0 aliphatic carbocycles. The average Bonchev–Trinajstić information content (AvgIpc) is 2.75. The minimum atomic E-state index is -3.72. The number of hydrogen-bond donors (Lipinski definition) is 2. The van der Waals surface area contributed by atoms with Gasteiger partial charge in [0.25, 0.3) is 10.0 Å². The maximum atomic E-state index is 12.3. The maximum Gasteiger partial charge on any atom is 0.267 e. The van der Waals surface area contributed by atoms with E-state index >= 15 is 0 Å². The van der Waals surface area contributed by atoms with Crippen molar-refractivity contribution in [3.05, 3.63) is 24.3 Å². The average molecular weight is 299 g/mol. The number of anilines is 2. The predicted molar refractivity (Wildman–Crippen MR) is 73.9 cm³/mol. The summed E-state index contributed by atoms with van der Waals surface area (Å²) >= 11 is 0.998. The maximum absolute atomic E-state index is 12.3. The monoisotopic (exact) mass is 299 g/mol. The molecule has 0 unspecified atom stereocenters. The number of nitrogens with zero attached hydrogens (tertiary/aromatic N) is 3. The summed E-state index contributed by atoms with van der Waals surface area (Å²) in [5, 5.41) is 3.22. The summed E-state index contributed by atoms with van der Waals surface area (Å²) in [6, 6.07) is 1.61. The highest BCUT2D eigenvalue weighted by atomic mass is 32.2. The van der Waals surface area contributed by atoms with Gasteiger partial charge in [-0.25, -0.2) is 13.4 Å². The van der Waals surface area contributed by atoms with Crippen LogP contribution in [0.2, 0.25) is 0 Å². The first kappa shape index (κ1) is 13.7. The van der Waals surface area contributed by atoms with E-state index in [9.17, 15) is 8.42 Å². The lowest BCUT2D eigenvalue weighted by Crippen LogP contribution is -2.15. The van der Waals surface area contributed by atoms with E-state index in [0.717, 1.165) is 11.5 Å². The molecule has 2 heterocycles. The molecule has 7 nitrogen and oxygen atoms in total. The van der Waals surface area contributed by atoms with Crippen molar-refractivity contribution in [1.29, 1.82) is 0 Å². The van der Waals surface area contributed by atoms with E-state index in [1.165, 1.54) is 12.4 Å². The molecule has 9 heteroatoms. The van der Waals surface area contributed by atoms with Gasteiger partial charge < -0.3 is 5.32 Å². The summed E-state index contributed by atoms with van der Waals surface area (Å²) in [6.45, 7) is 4.20. The lowest BCUT2D eigenvalue weighted by atomic mass is 10.4. The Morgan fingerprint density at radius 3 is 2.84 bits per heavy atom. The SMILES string of the molecule is CCNc1ccncc1S(=O)(=O)Nc1nc(C)ns1. The van der Waals surface area contributed by atoms with Crippen LogP contribution in [0, 0.1) is 6.92 Å². The van der Waals surface area contributed by atoms with E-state index in [1.54, 1.807) is 13.0 Å². The fourth-order valence-electron chi connectivity index (χ4n) is 1.44. The molecule has 102 valence electrons. The molecule has 0 aliphatic rings. The lowest BCUT2D eigenvalue weighted by molar-refractivity contribution is 0.601. The van der Waals surface area contributed by atoms with Crippen LogP contribution in [0.1, 0.15) is 12.7 Å². The zero-order valence-corrected chi connectivity index (χ0v) is 12.0. The Morgan fingerprint density at radius 2 is 2.21 bits per heavy atom. The Labute approximate surface area is 115 Å². The van der Waals surface area contributed by atoms with Crippen molar-refractivity contribution in [3.8, 4) is 0 Å². The normalized spacial score (nSPS) is 11.3. The first-order chi connectivity index (χ1) is 9.03. The molecule has 0 saturated carbocycles. The standard InChI is InChI=1S/C10H13N5O2S2/c1-3-12-8-4-5-11-6-9(8)19(16,17)15-10-13-7(2)14-18-10/h4-6H,3H2,1-2H3,(H,11,12)(H,13,14,15). The number of rotatable bonds is 5. The van der Waals surface area contributed by atoms with E-state index < -0.39 is 10.0 Å². The summed E-state index contributed by atoms with van der Waals surface area (Å²) in [4.78, 5) is 7.91. The number of nitrogens with one attached hydrogen (secondary N) is 2. The highest BCUT2D eigenvalue weighted by Gasteiger charge is 2.20. The van der Waals surface area contributed by atoms with Gasteiger partial charge in [-0.3, -0.25) is 9.71 Å². The number of sulfonamides is 1. The molecule has 0 aromatic carbocycles. The van der Waals surface area contributed by atoms with E-state index in [4.69, 9.17) is 0 Å². The van der Waals surface area contributed by atoms with Crippen LogP contribution in [0.4, 0.5) is 10.8 Å². The molecule has 0 bridgehead atoms. The summed E-state index contributed by atoms with van der Waals surface area (Å²) in [7, 11) is -3.72. The van der Waals surface area contributed by atoms with E-state index in [-0.39, 0.29) is 10.0 Å². The van der Waals surface area contributed by atoms with Gasteiger partial charge in [0.15, 0.2) is 0 Å². The number of aromatic nitrogens is 3. The molecule has 0 aliphatic heterocycles. The Morgan fingerprint density at radius 1 is 1.42 bits per heavy atom. The third kappa shape index (κ3) is 3.18. The number of pyridine rings is 1. The van der Waals surface area contributed by atoms with Gasteiger partial charge in [0.2, 0.25) is 5.13 Å². The van der Waals surface area contributed by atoms with E-state index in [1.807, 2.05) is 6.92 Å². The number of hydrogen-bond acceptors (Lipinski definition) is 7. The van der Waals surface area contributed by atoms with Crippen LogP contribution in [0.5, 0.6) is 0 Å². The van der Waals surface area contributed by atoms with Crippen LogP contribution in [0.15, 0.2) is 23.4 Å². The van der Waals surface area contributed by atoms with Crippen molar-refractivity contribution >= 4 is 32.4 Å². The Bertz CT molecular complexity index is 668. The van der Waals surface area contributed by atoms with Gasteiger partial charge in [-0.2, -0.15) is 4.37 Å². The van der Waals surface area contributed by atoms with Crippen LogP contribution in [0.3, 0.4) is 0 Å².